The second-order valence-corrected chi connectivity index (χ2v) is 10.0. The topological polar surface area (TPSA) is 81.8 Å². The molecule has 36 heavy (non-hydrogen) atoms. The molecule has 0 radical (unpaired) electrons. The first-order valence-corrected chi connectivity index (χ1v) is 12.1. The zero-order chi connectivity index (χ0) is 25.3. The molecule has 0 aliphatic heterocycles. The van der Waals surface area contributed by atoms with Crippen molar-refractivity contribution in [2.75, 3.05) is 6.54 Å². The summed E-state index contributed by atoms with van der Waals surface area (Å²) in [5, 5.41) is 9.99. The third-order valence-electron chi connectivity index (χ3n) is 6.47. The summed E-state index contributed by atoms with van der Waals surface area (Å²) in [5.74, 6) is -0.141. The van der Waals surface area contributed by atoms with Gasteiger partial charge in [-0.1, -0.05) is 75.4 Å². The van der Waals surface area contributed by atoms with Crippen LogP contribution in [0.5, 0.6) is 0 Å². The van der Waals surface area contributed by atoms with Crippen LogP contribution >= 0.6 is 0 Å². The Morgan fingerprint density at radius 2 is 1.69 bits per heavy atom. The summed E-state index contributed by atoms with van der Waals surface area (Å²) in [7, 11) is 0. The predicted molar refractivity (Wildman–Crippen MR) is 142 cm³/mol. The van der Waals surface area contributed by atoms with Gasteiger partial charge in [-0.05, 0) is 39.4 Å². The van der Waals surface area contributed by atoms with E-state index in [1.54, 1.807) is 21.8 Å². The van der Waals surface area contributed by atoms with E-state index in [9.17, 15) is 9.59 Å². The van der Waals surface area contributed by atoms with Gasteiger partial charge in [-0.15, -0.1) is 0 Å². The number of benzene rings is 3. The maximum atomic E-state index is 13.1. The fourth-order valence-electron chi connectivity index (χ4n) is 4.39. The molecule has 1 amide bonds. The molecule has 182 valence electrons. The number of hydrogen-bond donors (Lipinski definition) is 1. The highest BCUT2D eigenvalue weighted by Gasteiger charge is 2.15. The van der Waals surface area contributed by atoms with Crippen LogP contribution in [0.25, 0.3) is 21.8 Å². The molecule has 5 rings (SSSR count). The zero-order valence-electron chi connectivity index (χ0n) is 20.7. The lowest BCUT2D eigenvalue weighted by atomic mass is 9.87. The number of nitrogens with zero attached hydrogens (tertiary/aromatic N) is 4. The van der Waals surface area contributed by atoms with E-state index in [1.165, 1.54) is 5.56 Å². The third kappa shape index (κ3) is 4.64. The normalized spacial score (nSPS) is 11.8. The molecule has 7 heteroatoms. The smallest absolute Gasteiger partial charge is 0.264 e. The molecule has 0 fully saturated rings. The van der Waals surface area contributed by atoms with E-state index in [-0.39, 0.29) is 16.9 Å². The molecular weight excluding hydrogens is 450 g/mol. The monoisotopic (exact) mass is 479 g/mol. The number of aromatic nitrogens is 4. The van der Waals surface area contributed by atoms with Crippen LogP contribution in [-0.2, 0) is 18.5 Å². The fourth-order valence-corrected chi connectivity index (χ4v) is 4.39. The van der Waals surface area contributed by atoms with Crippen molar-refractivity contribution < 1.29 is 4.79 Å². The van der Waals surface area contributed by atoms with Gasteiger partial charge >= 0.3 is 0 Å². The predicted octanol–water partition coefficient (Wildman–Crippen LogP) is 4.52. The lowest BCUT2D eigenvalue weighted by Crippen LogP contribution is -2.28. The molecule has 0 spiro atoms. The lowest BCUT2D eigenvalue weighted by Gasteiger charge is -2.19. The average molecular weight is 480 g/mol. The van der Waals surface area contributed by atoms with Crippen LogP contribution < -0.4 is 10.9 Å². The number of hydrogen-bond acceptors (Lipinski definition) is 4. The van der Waals surface area contributed by atoms with Gasteiger partial charge in [0.25, 0.3) is 11.5 Å². The van der Waals surface area contributed by atoms with Gasteiger partial charge in [0.1, 0.15) is 11.7 Å². The van der Waals surface area contributed by atoms with Crippen LogP contribution in [0, 0.1) is 0 Å². The van der Waals surface area contributed by atoms with Gasteiger partial charge in [0.15, 0.2) is 5.65 Å². The van der Waals surface area contributed by atoms with Crippen LogP contribution in [0.1, 0.15) is 42.3 Å². The van der Waals surface area contributed by atoms with Gasteiger partial charge in [0, 0.05) is 12.1 Å². The number of nitrogens with one attached hydrogen (secondary N) is 1. The quantitative estimate of drug-likeness (QED) is 0.388. The number of carbonyl (C=O) groups is 1. The number of carbonyl (C=O) groups excluding carboxylic acids is 1. The summed E-state index contributed by atoms with van der Waals surface area (Å²) in [6.07, 6.45) is 3.12. The summed E-state index contributed by atoms with van der Waals surface area (Å²) in [6.45, 7) is 7.64. The summed E-state index contributed by atoms with van der Waals surface area (Å²) in [4.78, 5) is 30.2. The van der Waals surface area contributed by atoms with Crippen molar-refractivity contribution in [3.05, 3.63) is 106 Å². The highest BCUT2D eigenvalue weighted by atomic mass is 16.1. The molecule has 5 aromatic rings. The Balaban J connectivity index is 1.28. The van der Waals surface area contributed by atoms with Gasteiger partial charge < -0.3 is 5.32 Å². The summed E-state index contributed by atoms with van der Waals surface area (Å²) in [5.41, 5.74) is 3.26. The van der Waals surface area contributed by atoms with Crippen molar-refractivity contribution in [3.8, 4) is 0 Å². The maximum absolute atomic E-state index is 13.1. The van der Waals surface area contributed by atoms with Crippen molar-refractivity contribution in [1.82, 2.24) is 24.6 Å². The molecule has 0 atom stereocenters. The van der Waals surface area contributed by atoms with Crippen molar-refractivity contribution in [2.24, 2.45) is 0 Å². The Morgan fingerprint density at radius 3 is 2.47 bits per heavy atom. The van der Waals surface area contributed by atoms with Crippen LogP contribution in [-0.4, -0.2) is 31.8 Å². The van der Waals surface area contributed by atoms with E-state index >= 15 is 0 Å². The second kappa shape index (κ2) is 9.41. The van der Waals surface area contributed by atoms with Gasteiger partial charge in [-0.25, -0.2) is 9.67 Å². The zero-order valence-corrected chi connectivity index (χ0v) is 20.7. The van der Waals surface area contributed by atoms with E-state index in [2.05, 4.69) is 54.4 Å². The Hall–Kier alpha value is -4.26. The number of fused-ring (bicyclic) bond motifs is 2. The molecule has 0 saturated carbocycles. The second-order valence-electron chi connectivity index (χ2n) is 10.0. The summed E-state index contributed by atoms with van der Waals surface area (Å²) >= 11 is 0. The molecule has 0 aliphatic carbocycles. The van der Waals surface area contributed by atoms with Crippen molar-refractivity contribution in [2.45, 2.75) is 39.3 Å². The van der Waals surface area contributed by atoms with Crippen LogP contribution in [0.4, 0.5) is 0 Å². The largest absolute Gasteiger partial charge is 0.350 e. The Labute approximate surface area is 209 Å². The maximum Gasteiger partial charge on any atom is 0.264 e. The minimum Gasteiger partial charge on any atom is -0.350 e. The van der Waals surface area contributed by atoms with E-state index in [0.717, 1.165) is 16.3 Å². The Bertz CT molecular complexity index is 1600. The molecule has 0 aliphatic rings. The molecule has 7 nitrogen and oxygen atoms in total. The van der Waals surface area contributed by atoms with Gasteiger partial charge in [0.2, 0.25) is 0 Å². The molecule has 0 saturated heterocycles. The van der Waals surface area contributed by atoms with E-state index in [0.29, 0.717) is 36.2 Å². The molecule has 2 heterocycles. The van der Waals surface area contributed by atoms with Crippen LogP contribution in [0.2, 0.25) is 0 Å². The highest BCUT2D eigenvalue weighted by Crippen LogP contribution is 2.22. The van der Waals surface area contributed by atoms with Crippen molar-refractivity contribution in [1.29, 1.82) is 0 Å². The van der Waals surface area contributed by atoms with Gasteiger partial charge in [-0.2, -0.15) is 5.10 Å². The minimum atomic E-state index is -0.141. The lowest BCUT2D eigenvalue weighted by molar-refractivity contribution is 0.0952. The van der Waals surface area contributed by atoms with Gasteiger partial charge in [0.05, 0.1) is 19.3 Å². The minimum absolute atomic E-state index is 0.0383. The third-order valence-corrected chi connectivity index (χ3v) is 6.47. The first-order valence-electron chi connectivity index (χ1n) is 12.1. The average Bonchev–Trinajstić information content (AvgIpc) is 3.29. The van der Waals surface area contributed by atoms with E-state index < -0.39 is 0 Å². The number of amides is 1. The fraction of sp³-hybridized carbons (Fsp3) is 0.241. The van der Waals surface area contributed by atoms with Crippen molar-refractivity contribution >= 4 is 27.7 Å². The standard InChI is InChI=1S/C29H29N5O2/c1-29(2,3)23-13-11-21(12-14-23)27(35)30-15-16-34-26-25(17-32-34)28(36)33(19-31-26)18-22-9-6-8-20-7-4-5-10-24(20)22/h4-14,17,19H,15-16,18H2,1-3H3,(H,30,35). The highest BCUT2D eigenvalue weighted by molar-refractivity contribution is 5.94. The summed E-state index contributed by atoms with van der Waals surface area (Å²) < 4.78 is 3.27. The molecule has 1 N–H and O–H groups in total. The van der Waals surface area contributed by atoms with Crippen molar-refractivity contribution in [3.63, 3.8) is 0 Å². The molecule has 0 bridgehead atoms. The Kier molecular flexibility index (Phi) is 6.14. The molecule has 2 aromatic heterocycles. The Morgan fingerprint density at radius 1 is 0.944 bits per heavy atom. The molecular formula is C29H29N5O2. The molecule has 0 unspecified atom stereocenters. The van der Waals surface area contributed by atoms with E-state index in [4.69, 9.17) is 0 Å². The first kappa shape index (κ1) is 23.5. The first-order chi connectivity index (χ1) is 17.3. The molecule has 3 aromatic carbocycles. The van der Waals surface area contributed by atoms with Crippen LogP contribution in [0.15, 0.2) is 84.0 Å². The number of rotatable bonds is 6. The summed E-state index contributed by atoms with van der Waals surface area (Å²) in [6, 6.07) is 21.9. The van der Waals surface area contributed by atoms with Gasteiger partial charge in [-0.3, -0.25) is 14.2 Å². The van der Waals surface area contributed by atoms with E-state index in [1.807, 2.05) is 48.5 Å². The SMILES string of the molecule is CC(C)(C)c1ccc(C(=O)NCCn2ncc3c(=O)n(Cc4cccc5ccccc45)cnc32)cc1. The van der Waals surface area contributed by atoms with Crippen LogP contribution in [0.3, 0.4) is 0 Å².